The predicted octanol–water partition coefficient (Wildman–Crippen LogP) is 0.900. The molecule has 9 heteroatoms. The molecular formula is C16H20N6O3. The van der Waals surface area contributed by atoms with Gasteiger partial charge >= 0.3 is 6.09 Å². The van der Waals surface area contributed by atoms with Crippen LogP contribution in [0.1, 0.15) is 40.3 Å². The fraction of sp³-hybridized carbons (Fsp3) is 0.500. The number of carboxylic acid groups (broad SMARTS) is 1. The van der Waals surface area contributed by atoms with Crippen LogP contribution < -0.4 is 0 Å². The summed E-state index contributed by atoms with van der Waals surface area (Å²) in [6, 6.07) is 1.75. The third kappa shape index (κ3) is 2.46. The van der Waals surface area contributed by atoms with E-state index in [9.17, 15) is 14.7 Å². The molecular weight excluding hydrogens is 324 g/mol. The van der Waals surface area contributed by atoms with Crippen molar-refractivity contribution in [3.8, 4) is 0 Å². The highest BCUT2D eigenvalue weighted by Gasteiger charge is 2.37. The number of carbonyl (C=O) groups is 2. The molecule has 132 valence electrons. The Kier molecular flexibility index (Phi) is 3.52. The van der Waals surface area contributed by atoms with Gasteiger partial charge in [0.1, 0.15) is 5.69 Å². The Balaban J connectivity index is 1.77. The standard InChI is InChI=1S/C16H20N6O3/c1-9-5-13-11(8-21(9)16(24)25)14-15(23)20(2)6-10(7-22(14)19-13)12-3-4-17-18-12/h3-4,9-10H,5-8H2,1-2H3,(H,17,18)(H,24,25). The van der Waals surface area contributed by atoms with Crippen LogP contribution in [0.3, 0.4) is 0 Å². The molecule has 2 N–H and O–H groups in total. The van der Waals surface area contributed by atoms with Gasteiger partial charge in [0, 0.05) is 43.7 Å². The normalized spacial score (nSPS) is 23.2. The lowest BCUT2D eigenvalue weighted by Gasteiger charge is -2.30. The van der Waals surface area contributed by atoms with Gasteiger partial charge in [-0.15, -0.1) is 0 Å². The Labute approximate surface area is 144 Å². The van der Waals surface area contributed by atoms with E-state index in [4.69, 9.17) is 0 Å². The van der Waals surface area contributed by atoms with Crippen molar-refractivity contribution in [2.24, 2.45) is 0 Å². The second-order valence-electron chi connectivity index (χ2n) is 6.80. The van der Waals surface area contributed by atoms with Crippen LogP contribution in [0.15, 0.2) is 12.3 Å². The predicted molar refractivity (Wildman–Crippen MR) is 87.3 cm³/mol. The lowest BCUT2D eigenvalue weighted by atomic mass is 10.00. The number of nitrogens with zero attached hydrogens (tertiary/aromatic N) is 5. The molecule has 9 nitrogen and oxygen atoms in total. The van der Waals surface area contributed by atoms with Crippen molar-refractivity contribution >= 4 is 12.0 Å². The van der Waals surface area contributed by atoms with Gasteiger partial charge in [-0.3, -0.25) is 14.6 Å². The van der Waals surface area contributed by atoms with Crippen molar-refractivity contribution in [2.75, 3.05) is 13.6 Å². The van der Waals surface area contributed by atoms with Crippen LogP contribution in [0.2, 0.25) is 0 Å². The van der Waals surface area contributed by atoms with Gasteiger partial charge in [-0.25, -0.2) is 4.79 Å². The van der Waals surface area contributed by atoms with E-state index >= 15 is 0 Å². The van der Waals surface area contributed by atoms with Gasteiger partial charge in [0.25, 0.3) is 5.91 Å². The van der Waals surface area contributed by atoms with E-state index in [1.807, 2.05) is 13.0 Å². The summed E-state index contributed by atoms with van der Waals surface area (Å²) >= 11 is 0. The topological polar surface area (TPSA) is 107 Å². The van der Waals surface area contributed by atoms with E-state index in [1.165, 1.54) is 4.90 Å². The minimum Gasteiger partial charge on any atom is -0.465 e. The Morgan fingerprint density at radius 3 is 2.88 bits per heavy atom. The number of fused-ring (bicyclic) bond motifs is 3. The largest absolute Gasteiger partial charge is 0.465 e. The van der Waals surface area contributed by atoms with E-state index in [-0.39, 0.29) is 24.4 Å². The van der Waals surface area contributed by atoms with Gasteiger partial charge in [-0.1, -0.05) is 0 Å². The number of aromatic nitrogens is 4. The van der Waals surface area contributed by atoms with E-state index in [0.717, 1.165) is 17.0 Å². The van der Waals surface area contributed by atoms with E-state index in [2.05, 4.69) is 15.3 Å². The molecule has 2 aliphatic heterocycles. The highest BCUT2D eigenvalue weighted by atomic mass is 16.4. The molecule has 2 aliphatic rings. The molecule has 0 aliphatic carbocycles. The number of H-pyrrole nitrogens is 1. The van der Waals surface area contributed by atoms with Crippen molar-refractivity contribution in [1.29, 1.82) is 0 Å². The van der Waals surface area contributed by atoms with Crippen molar-refractivity contribution in [2.45, 2.75) is 38.4 Å². The van der Waals surface area contributed by atoms with E-state index in [0.29, 0.717) is 25.2 Å². The summed E-state index contributed by atoms with van der Waals surface area (Å²) in [5.74, 6) is -0.0810. The van der Waals surface area contributed by atoms with Crippen LogP contribution >= 0.6 is 0 Å². The van der Waals surface area contributed by atoms with Crippen LogP contribution in [0, 0.1) is 0 Å². The number of nitrogens with one attached hydrogen (secondary N) is 1. The zero-order valence-corrected chi connectivity index (χ0v) is 14.1. The van der Waals surface area contributed by atoms with Gasteiger partial charge in [0.15, 0.2) is 0 Å². The van der Waals surface area contributed by atoms with Crippen molar-refractivity contribution in [1.82, 2.24) is 29.8 Å². The van der Waals surface area contributed by atoms with Crippen LogP contribution in [0.5, 0.6) is 0 Å². The minimum absolute atomic E-state index is 0.0378. The number of rotatable bonds is 1. The quantitative estimate of drug-likeness (QED) is 0.799. The number of likely N-dealkylation sites (N-methyl/N-ethyl adjacent to an activating group) is 1. The molecule has 0 saturated heterocycles. The molecule has 2 aromatic heterocycles. The van der Waals surface area contributed by atoms with Crippen LogP contribution in [0.25, 0.3) is 0 Å². The van der Waals surface area contributed by atoms with E-state index < -0.39 is 6.09 Å². The number of aromatic amines is 1. The maximum absolute atomic E-state index is 12.9. The van der Waals surface area contributed by atoms with Crippen molar-refractivity contribution < 1.29 is 14.7 Å². The average molecular weight is 344 g/mol. The second-order valence-corrected chi connectivity index (χ2v) is 6.80. The van der Waals surface area contributed by atoms with Crippen molar-refractivity contribution in [3.05, 3.63) is 34.9 Å². The molecule has 2 amide bonds. The smallest absolute Gasteiger partial charge is 0.407 e. The second kappa shape index (κ2) is 5.61. The number of hydrogen-bond donors (Lipinski definition) is 2. The van der Waals surface area contributed by atoms with Gasteiger partial charge in [-0.05, 0) is 13.0 Å². The highest BCUT2D eigenvalue weighted by Crippen LogP contribution is 2.30. The Bertz CT molecular complexity index is 827. The molecule has 2 unspecified atom stereocenters. The first-order chi connectivity index (χ1) is 12.0. The first-order valence-electron chi connectivity index (χ1n) is 8.29. The summed E-state index contributed by atoms with van der Waals surface area (Å²) in [6.07, 6.45) is 1.32. The summed E-state index contributed by atoms with van der Waals surface area (Å²) < 4.78 is 1.74. The monoisotopic (exact) mass is 344 g/mol. The number of amides is 2. The zero-order chi connectivity index (χ0) is 17.7. The van der Waals surface area contributed by atoms with Crippen molar-refractivity contribution in [3.63, 3.8) is 0 Å². The summed E-state index contributed by atoms with van der Waals surface area (Å²) in [6.45, 7) is 3.15. The van der Waals surface area contributed by atoms with Gasteiger partial charge in [-0.2, -0.15) is 10.2 Å². The fourth-order valence-corrected chi connectivity index (χ4v) is 3.77. The van der Waals surface area contributed by atoms with Crippen LogP contribution in [0.4, 0.5) is 4.79 Å². The van der Waals surface area contributed by atoms with Gasteiger partial charge in [0.2, 0.25) is 0 Å². The molecule has 0 radical (unpaired) electrons. The molecule has 2 atom stereocenters. The van der Waals surface area contributed by atoms with E-state index in [1.54, 1.807) is 22.8 Å². The third-order valence-corrected chi connectivity index (χ3v) is 5.11. The molecule has 25 heavy (non-hydrogen) atoms. The highest BCUT2D eigenvalue weighted by molar-refractivity contribution is 5.94. The summed E-state index contributed by atoms with van der Waals surface area (Å²) in [5, 5.41) is 21.1. The Morgan fingerprint density at radius 1 is 1.40 bits per heavy atom. The number of hydrogen-bond acceptors (Lipinski definition) is 4. The fourth-order valence-electron chi connectivity index (χ4n) is 3.77. The Morgan fingerprint density at radius 2 is 2.20 bits per heavy atom. The molecule has 0 aromatic carbocycles. The maximum Gasteiger partial charge on any atom is 0.407 e. The number of carbonyl (C=O) groups excluding carboxylic acids is 1. The SMILES string of the molecule is CC1Cc2nn3c(c2CN1C(=O)O)C(=O)N(C)CC(c1cc[nH]n1)C3. The lowest BCUT2D eigenvalue weighted by molar-refractivity contribution is 0.0784. The maximum atomic E-state index is 12.9. The first kappa shape index (κ1) is 15.7. The summed E-state index contributed by atoms with van der Waals surface area (Å²) in [4.78, 5) is 27.4. The summed E-state index contributed by atoms with van der Waals surface area (Å²) in [7, 11) is 1.76. The average Bonchev–Trinajstić information content (AvgIpc) is 3.17. The molecule has 0 saturated carbocycles. The summed E-state index contributed by atoms with van der Waals surface area (Å²) in [5.41, 5.74) is 2.96. The Hall–Kier alpha value is -2.84. The van der Waals surface area contributed by atoms with Gasteiger partial charge in [0.05, 0.1) is 24.5 Å². The molecule has 0 bridgehead atoms. The minimum atomic E-state index is -0.970. The van der Waals surface area contributed by atoms with Crippen LogP contribution in [-0.4, -0.2) is 66.5 Å². The molecule has 0 spiro atoms. The molecule has 4 rings (SSSR count). The third-order valence-electron chi connectivity index (χ3n) is 5.11. The van der Waals surface area contributed by atoms with Gasteiger partial charge < -0.3 is 14.9 Å². The molecule has 2 aromatic rings. The first-order valence-corrected chi connectivity index (χ1v) is 8.29. The lowest BCUT2D eigenvalue weighted by Crippen LogP contribution is -2.42. The van der Waals surface area contributed by atoms with Crippen LogP contribution in [-0.2, 0) is 19.5 Å². The molecule has 0 fully saturated rings. The molecule has 4 heterocycles. The zero-order valence-electron chi connectivity index (χ0n) is 14.1.